The average molecular weight is 317 g/mol. The summed E-state index contributed by atoms with van der Waals surface area (Å²) in [6, 6.07) is 8.49. The summed E-state index contributed by atoms with van der Waals surface area (Å²) in [6.45, 7) is 14.5. The first-order valence-electron chi connectivity index (χ1n) is 8.00. The van der Waals surface area contributed by atoms with Gasteiger partial charge in [-0.1, -0.05) is 32.9 Å². The normalized spacial score (nSPS) is 10.0. The summed E-state index contributed by atoms with van der Waals surface area (Å²) in [7, 11) is 0. The molecule has 2 aromatic rings. The molecule has 0 heterocycles. The van der Waals surface area contributed by atoms with Crippen molar-refractivity contribution < 1.29 is 4.74 Å². The highest BCUT2D eigenvalue weighted by molar-refractivity contribution is 7.80. The summed E-state index contributed by atoms with van der Waals surface area (Å²) in [5.41, 5.74) is 6.01. The first-order valence-corrected chi connectivity index (χ1v) is 8.45. The van der Waals surface area contributed by atoms with Crippen LogP contribution < -0.4 is 4.74 Å². The molecule has 0 aliphatic carbocycles. The maximum absolute atomic E-state index is 6.12. The van der Waals surface area contributed by atoms with Crippen molar-refractivity contribution in [1.82, 2.24) is 0 Å². The Morgan fingerprint density at radius 1 is 0.818 bits per heavy atom. The molecule has 0 unspecified atom stereocenters. The highest BCUT2D eigenvalue weighted by atomic mass is 32.1. The lowest BCUT2D eigenvalue weighted by atomic mass is 10.0. The molecular weight excluding hydrogens is 288 g/mol. The molecule has 0 fully saturated rings. The fourth-order valence-corrected chi connectivity index (χ4v) is 2.63. The van der Waals surface area contributed by atoms with Gasteiger partial charge in [-0.2, -0.15) is 0 Å². The highest BCUT2D eigenvalue weighted by Gasteiger charge is 2.09. The lowest BCUT2D eigenvalue weighted by Crippen LogP contribution is -1.95. The maximum atomic E-state index is 6.12. The Morgan fingerprint density at radius 3 is 1.68 bits per heavy atom. The molecule has 0 radical (unpaired) electrons. The fraction of sp³-hybridized carbons (Fsp3) is 0.400. The molecule has 0 bridgehead atoms. The van der Waals surface area contributed by atoms with Gasteiger partial charge in [-0.3, -0.25) is 0 Å². The van der Waals surface area contributed by atoms with Gasteiger partial charge in [0.15, 0.2) is 0 Å². The number of hydrogen-bond donors (Lipinski definition) is 1. The number of thiol groups is 1. The third-order valence-corrected chi connectivity index (χ3v) is 4.32. The second-order valence-electron chi connectivity index (χ2n) is 5.42. The first-order chi connectivity index (χ1) is 10.4. The highest BCUT2D eigenvalue weighted by Crippen LogP contribution is 2.32. The Bertz CT molecular complexity index is 598. The van der Waals surface area contributed by atoms with Crippen LogP contribution >= 0.6 is 12.6 Å². The van der Waals surface area contributed by atoms with Gasteiger partial charge in [0.05, 0.1) is 0 Å². The van der Waals surface area contributed by atoms with Crippen LogP contribution in [0.2, 0.25) is 0 Å². The molecule has 0 aliphatic rings. The van der Waals surface area contributed by atoms with Crippen molar-refractivity contribution in [3.63, 3.8) is 0 Å². The molecule has 0 amide bonds. The molecule has 0 aliphatic heterocycles. The second-order valence-corrected chi connectivity index (χ2v) is 5.87. The molecule has 0 N–H and O–H groups in total. The Balaban J connectivity index is 0.00000116. The quantitative estimate of drug-likeness (QED) is 0.628. The van der Waals surface area contributed by atoms with E-state index in [-0.39, 0.29) is 0 Å². The molecule has 2 rings (SSSR count). The van der Waals surface area contributed by atoms with Crippen LogP contribution in [-0.4, -0.2) is 0 Å². The smallest absolute Gasteiger partial charge is 0.133 e. The third-order valence-electron chi connectivity index (χ3n) is 3.61. The summed E-state index contributed by atoms with van der Waals surface area (Å²) in [5.74, 6) is 1.85. The van der Waals surface area contributed by atoms with Crippen LogP contribution in [0.4, 0.5) is 0 Å². The number of rotatable bonds is 3. The molecule has 0 aromatic heterocycles. The lowest BCUT2D eigenvalue weighted by molar-refractivity contribution is 0.473. The van der Waals surface area contributed by atoms with E-state index in [1.54, 1.807) is 0 Å². The molecular formula is C20H28OS. The number of hydrogen-bond acceptors (Lipinski definition) is 2. The van der Waals surface area contributed by atoms with E-state index in [0.29, 0.717) is 0 Å². The monoisotopic (exact) mass is 316 g/mol. The van der Waals surface area contributed by atoms with Crippen molar-refractivity contribution in [1.29, 1.82) is 0 Å². The zero-order valence-electron chi connectivity index (χ0n) is 14.9. The zero-order chi connectivity index (χ0) is 16.9. The maximum Gasteiger partial charge on any atom is 0.133 e. The van der Waals surface area contributed by atoms with E-state index in [1.807, 2.05) is 26.0 Å². The van der Waals surface area contributed by atoms with Gasteiger partial charge in [-0.25, -0.2) is 0 Å². The van der Waals surface area contributed by atoms with E-state index in [1.165, 1.54) is 16.7 Å². The van der Waals surface area contributed by atoms with Gasteiger partial charge < -0.3 is 4.74 Å². The minimum absolute atomic E-state index is 0.883. The summed E-state index contributed by atoms with van der Waals surface area (Å²) in [4.78, 5) is 1.03. The van der Waals surface area contributed by atoms with Gasteiger partial charge in [0, 0.05) is 4.90 Å². The topological polar surface area (TPSA) is 9.23 Å². The SMILES string of the molecule is CC.CCc1cc(C)c(Oc2cc(C)c(S)c(C)c2)c(C)c1. The van der Waals surface area contributed by atoms with Crippen LogP contribution in [0, 0.1) is 27.7 Å². The lowest BCUT2D eigenvalue weighted by Gasteiger charge is -2.15. The van der Waals surface area contributed by atoms with E-state index >= 15 is 0 Å². The molecule has 22 heavy (non-hydrogen) atoms. The van der Waals surface area contributed by atoms with Gasteiger partial charge in [-0.05, 0) is 74.1 Å². The molecule has 0 spiro atoms. The van der Waals surface area contributed by atoms with Crippen molar-refractivity contribution in [2.75, 3.05) is 0 Å². The number of ether oxygens (including phenoxy) is 1. The summed E-state index contributed by atoms with van der Waals surface area (Å²) >= 11 is 4.50. The molecule has 1 nitrogen and oxygen atoms in total. The summed E-state index contributed by atoms with van der Waals surface area (Å²) in [5, 5.41) is 0. The predicted molar refractivity (Wildman–Crippen MR) is 99.9 cm³/mol. The fourth-order valence-electron chi connectivity index (χ4n) is 2.50. The Morgan fingerprint density at radius 2 is 1.27 bits per heavy atom. The van der Waals surface area contributed by atoms with Crippen molar-refractivity contribution in [3.8, 4) is 11.5 Å². The van der Waals surface area contributed by atoms with E-state index < -0.39 is 0 Å². The van der Waals surface area contributed by atoms with E-state index in [0.717, 1.165) is 33.9 Å². The van der Waals surface area contributed by atoms with Gasteiger partial charge in [0.2, 0.25) is 0 Å². The average Bonchev–Trinajstić information content (AvgIpc) is 2.50. The van der Waals surface area contributed by atoms with Crippen molar-refractivity contribution >= 4 is 12.6 Å². The Hall–Kier alpha value is -1.41. The molecule has 120 valence electrons. The van der Waals surface area contributed by atoms with E-state index in [2.05, 4.69) is 59.4 Å². The Kier molecular flexibility index (Phi) is 7.02. The van der Waals surface area contributed by atoms with Crippen molar-refractivity contribution in [2.45, 2.75) is 59.8 Å². The van der Waals surface area contributed by atoms with Gasteiger partial charge in [0.1, 0.15) is 11.5 Å². The van der Waals surface area contributed by atoms with Crippen LogP contribution in [0.5, 0.6) is 11.5 Å². The standard InChI is InChI=1S/C18H22OS.C2H6/c1-6-15-7-11(2)17(12(3)8-15)19-16-9-13(4)18(20)14(5)10-16;1-2/h7-10,20H,6H2,1-5H3;1-2H3. The third kappa shape index (κ3) is 4.30. The second kappa shape index (κ2) is 8.28. The largest absolute Gasteiger partial charge is 0.457 e. The van der Waals surface area contributed by atoms with Crippen LogP contribution in [0.25, 0.3) is 0 Å². The zero-order valence-corrected chi connectivity index (χ0v) is 15.8. The van der Waals surface area contributed by atoms with Gasteiger partial charge in [0.25, 0.3) is 0 Å². The van der Waals surface area contributed by atoms with Crippen LogP contribution in [0.1, 0.15) is 48.6 Å². The number of benzene rings is 2. The molecule has 0 saturated carbocycles. The predicted octanol–water partition coefficient (Wildman–Crippen LogP) is 6.59. The van der Waals surface area contributed by atoms with Crippen LogP contribution in [-0.2, 0) is 6.42 Å². The summed E-state index contributed by atoms with van der Waals surface area (Å²) < 4.78 is 6.12. The van der Waals surface area contributed by atoms with Gasteiger partial charge in [-0.15, -0.1) is 12.6 Å². The first kappa shape index (κ1) is 18.6. The van der Waals surface area contributed by atoms with Crippen molar-refractivity contribution in [3.05, 3.63) is 52.1 Å². The molecule has 0 atom stereocenters. The molecule has 2 heteroatoms. The minimum Gasteiger partial charge on any atom is -0.457 e. The van der Waals surface area contributed by atoms with Crippen molar-refractivity contribution in [2.24, 2.45) is 0 Å². The minimum atomic E-state index is 0.883. The molecule has 2 aromatic carbocycles. The summed E-state index contributed by atoms with van der Waals surface area (Å²) in [6.07, 6.45) is 1.05. The van der Waals surface area contributed by atoms with Crippen LogP contribution in [0.15, 0.2) is 29.2 Å². The van der Waals surface area contributed by atoms with Gasteiger partial charge >= 0.3 is 0 Å². The molecule has 0 saturated heterocycles. The number of aryl methyl sites for hydroxylation is 5. The Labute approximate surface area is 141 Å². The van der Waals surface area contributed by atoms with E-state index in [9.17, 15) is 0 Å². The van der Waals surface area contributed by atoms with E-state index in [4.69, 9.17) is 4.74 Å². The van der Waals surface area contributed by atoms with Crippen LogP contribution in [0.3, 0.4) is 0 Å².